The Morgan fingerprint density at radius 2 is 1.59 bits per heavy atom. The summed E-state index contributed by atoms with van der Waals surface area (Å²) in [4.78, 5) is 62.7. The molecule has 1 fully saturated rings. The second-order valence-electron chi connectivity index (χ2n) is 7.04. The van der Waals surface area contributed by atoms with E-state index in [2.05, 4.69) is 0 Å². The highest BCUT2D eigenvalue weighted by Gasteiger charge is 2.46. The van der Waals surface area contributed by atoms with Crippen LogP contribution in [0, 0.1) is 0 Å². The van der Waals surface area contributed by atoms with Crippen molar-refractivity contribution in [3.05, 3.63) is 35.4 Å². The summed E-state index contributed by atoms with van der Waals surface area (Å²) in [6, 6.07) is 5.39. The van der Waals surface area contributed by atoms with Gasteiger partial charge in [0.05, 0.1) is 30.8 Å². The lowest BCUT2D eigenvalue weighted by Gasteiger charge is -2.34. The topological polar surface area (TPSA) is 136 Å². The molecule has 4 amide bonds. The van der Waals surface area contributed by atoms with Crippen LogP contribution in [0.2, 0.25) is 0 Å². The predicted molar refractivity (Wildman–Crippen MR) is 116 cm³/mol. The van der Waals surface area contributed by atoms with Crippen molar-refractivity contribution in [2.24, 2.45) is 0 Å². The molecule has 2 aliphatic rings. The summed E-state index contributed by atoms with van der Waals surface area (Å²) < 4.78 is 0. The van der Waals surface area contributed by atoms with E-state index in [-0.39, 0.29) is 56.1 Å². The zero-order chi connectivity index (χ0) is 23.1. The van der Waals surface area contributed by atoms with Crippen LogP contribution in [0.3, 0.4) is 0 Å². The molecule has 11 heteroatoms. The minimum Gasteiger partial charge on any atom is -0.480 e. The molecule has 0 radical (unpaired) electrons. The van der Waals surface area contributed by atoms with Crippen LogP contribution < -0.4 is 0 Å². The van der Waals surface area contributed by atoms with Gasteiger partial charge in [0.2, 0.25) is 5.91 Å². The molecule has 0 spiro atoms. The van der Waals surface area contributed by atoms with Gasteiger partial charge in [-0.25, -0.2) is 0 Å². The van der Waals surface area contributed by atoms with Gasteiger partial charge < -0.3 is 10.2 Å². The van der Waals surface area contributed by atoms with E-state index in [1.807, 2.05) is 18.7 Å². The number of carboxylic acid groups (broad SMARTS) is 1. The smallest absolute Gasteiger partial charge is 0.317 e. The summed E-state index contributed by atoms with van der Waals surface area (Å²) in [5, 5.41) is 17.3. The Morgan fingerprint density at radius 1 is 1.06 bits per heavy atom. The van der Waals surface area contributed by atoms with E-state index in [0.717, 1.165) is 22.9 Å². The molecule has 2 aliphatic heterocycles. The molecular weight excluding hydrogens is 442 g/mol. The van der Waals surface area contributed by atoms with Crippen molar-refractivity contribution in [3.63, 3.8) is 0 Å². The number of aliphatic hydroxyl groups is 1. The molecule has 32 heavy (non-hydrogen) atoms. The van der Waals surface area contributed by atoms with Crippen molar-refractivity contribution in [3.8, 4) is 0 Å². The van der Waals surface area contributed by atoms with Crippen molar-refractivity contribution in [2.75, 3.05) is 32.8 Å². The second kappa shape index (κ2) is 12.3. The number of amides is 4. The highest BCUT2D eigenvalue weighted by atomic mass is 35.5. The molecule has 2 heterocycles. The first-order chi connectivity index (χ1) is 14.8. The Bertz CT molecular complexity index is 838. The Labute approximate surface area is 192 Å². The van der Waals surface area contributed by atoms with Gasteiger partial charge in [0.1, 0.15) is 6.04 Å². The Morgan fingerprint density at radius 3 is 2.00 bits per heavy atom. The van der Waals surface area contributed by atoms with Gasteiger partial charge in [-0.15, -0.1) is 12.4 Å². The molecular formula is C21H28ClN3O7. The minimum absolute atomic E-state index is 0. The van der Waals surface area contributed by atoms with Crippen molar-refractivity contribution in [1.82, 2.24) is 14.7 Å². The van der Waals surface area contributed by atoms with Gasteiger partial charge in [0.25, 0.3) is 17.7 Å². The lowest BCUT2D eigenvalue weighted by atomic mass is 10.0. The van der Waals surface area contributed by atoms with Crippen LogP contribution in [0.25, 0.3) is 0 Å². The van der Waals surface area contributed by atoms with Crippen LogP contribution in [0.15, 0.2) is 24.3 Å². The fourth-order valence-electron chi connectivity index (χ4n) is 3.53. The zero-order valence-electron chi connectivity index (χ0n) is 18.0. The number of hydrogen-bond donors (Lipinski definition) is 2. The molecule has 176 valence electrons. The normalized spacial score (nSPS) is 17.7. The van der Waals surface area contributed by atoms with Gasteiger partial charge in [-0.3, -0.25) is 38.7 Å². The highest BCUT2D eigenvalue weighted by Crippen LogP contribution is 2.28. The number of β-amino-alcohol motifs (C(OH)–C–C–N with tert-alkyl or cyclic N) is 1. The first-order valence-corrected chi connectivity index (χ1v) is 10.1. The van der Waals surface area contributed by atoms with Crippen LogP contribution in [0.5, 0.6) is 0 Å². The molecule has 1 atom stereocenters. The Balaban J connectivity index is 0.000000440. The van der Waals surface area contributed by atoms with Crippen molar-refractivity contribution in [1.29, 1.82) is 0 Å². The van der Waals surface area contributed by atoms with E-state index < -0.39 is 35.6 Å². The second-order valence-corrected chi connectivity index (χ2v) is 7.04. The number of benzene rings is 1. The summed E-state index contributed by atoms with van der Waals surface area (Å²) in [7, 11) is 0. The standard InChI is InChI=1S/C15H14N2O5.C6H13NO2.ClH/c18-8-7-16-12(19)6-5-11(15(16)22)17-13(20)9-3-1-2-4-10(9)14(17)21;1-3-7(4-2)5-6(8)9;/h1-4,11,18H,5-8H2;3-5H2,1-2H3,(H,8,9);1H. The number of piperidine rings is 1. The number of carbonyl (C=O) groups is 5. The third kappa shape index (κ3) is 5.90. The summed E-state index contributed by atoms with van der Waals surface area (Å²) in [5.41, 5.74) is 0.539. The quantitative estimate of drug-likeness (QED) is 0.555. The Kier molecular flexibility index (Phi) is 10.4. The van der Waals surface area contributed by atoms with Crippen molar-refractivity contribution >= 4 is 42.0 Å². The molecule has 3 rings (SSSR count). The number of fused-ring (bicyclic) bond motifs is 1. The number of halogens is 1. The maximum absolute atomic E-state index is 12.4. The maximum atomic E-state index is 12.4. The molecule has 1 aromatic rings. The molecule has 10 nitrogen and oxygen atoms in total. The van der Waals surface area contributed by atoms with Gasteiger partial charge in [0, 0.05) is 6.42 Å². The number of carboxylic acids is 1. The van der Waals surface area contributed by atoms with Gasteiger partial charge in [-0.2, -0.15) is 0 Å². The Hall–Kier alpha value is -2.82. The molecule has 0 bridgehead atoms. The summed E-state index contributed by atoms with van der Waals surface area (Å²) in [5.74, 6) is -2.79. The van der Waals surface area contributed by atoms with E-state index in [4.69, 9.17) is 10.2 Å². The first-order valence-electron chi connectivity index (χ1n) is 10.1. The van der Waals surface area contributed by atoms with E-state index in [1.54, 1.807) is 24.3 Å². The summed E-state index contributed by atoms with van der Waals surface area (Å²) in [6.45, 7) is 5.20. The lowest BCUT2D eigenvalue weighted by molar-refractivity contribution is -0.152. The van der Waals surface area contributed by atoms with Gasteiger partial charge in [-0.05, 0) is 31.6 Å². The maximum Gasteiger partial charge on any atom is 0.317 e. The molecule has 0 saturated carbocycles. The van der Waals surface area contributed by atoms with Crippen LogP contribution in [-0.2, 0) is 14.4 Å². The molecule has 1 unspecified atom stereocenters. The van der Waals surface area contributed by atoms with Crippen LogP contribution in [0.4, 0.5) is 0 Å². The number of rotatable bonds is 7. The van der Waals surface area contributed by atoms with E-state index in [1.165, 1.54) is 0 Å². The highest BCUT2D eigenvalue weighted by molar-refractivity contribution is 6.23. The number of imide groups is 2. The number of hydrogen-bond acceptors (Lipinski definition) is 7. The largest absolute Gasteiger partial charge is 0.480 e. The number of aliphatic carboxylic acids is 1. The van der Waals surface area contributed by atoms with E-state index >= 15 is 0 Å². The number of nitrogens with zero attached hydrogens (tertiary/aromatic N) is 3. The monoisotopic (exact) mass is 469 g/mol. The van der Waals surface area contributed by atoms with Gasteiger partial charge >= 0.3 is 5.97 Å². The fourth-order valence-corrected chi connectivity index (χ4v) is 3.53. The molecule has 0 aromatic heterocycles. The molecule has 2 N–H and O–H groups in total. The van der Waals surface area contributed by atoms with Crippen LogP contribution in [0.1, 0.15) is 47.4 Å². The zero-order valence-corrected chi connectivity index (χ0v) is 18.8. The lowest BCUT2D eigenvalue weighted by Crippen LogP contribution is -2.56. The third-order valence-electron chi connectivity index (χ3n) is 5.20. The van der Waals surface area contributed by atoms with Gasteiger partial charge in [-0.1, -0.05) is 26.0 Å². The van der Waals surface area contributed by atoms with Gasteiger partial charge in [0.15, 0.2) is 0 Å². The average Bonchev–Trinajstić information content (AvgIpc) is 3.00. The fraction of sp³-hybridized carbons (Fsp3) is 0.476. The molecule has 1 aromatic carbocycles. The SMILES string of the molecule is CCN(CC)CC(=O)O.Cl.O=C1CCC(N2C(=O)c3ccccc3C2=O)C(=O)N1CCO. The number of likely N-dealkylation sites (N-methyl/N-ethyl adjacent to an activating group) is 1. The van der Waals surface area contributed by atoms with Crippen molar-refractivity contribution < 1.29 is 34.2 Å². The van der Waals surface area contributed by atoms with Crippen LogP contribution >= 0.6 is 12.4 Å². The molecule has 1 saturated heterocycles. The summed E-state index contributed by atoms with van der Waals surface area (Å²) >= 11 is 0. The van der Waals surface area contributed by atoms with E-state index in [9.17, 15) is 24.0 Å². The van der Waals surface area contributed by atoms with E-state index in [0.29, 0.717) is 0 Å². The number of likely N-dealkylation sites (tertiary alicyclic amines) is 1. The van der Waals surface area contributed by atoms with Crippen LogP contribution in [-0.4, -0.2) is 93.3 Å². The average molecular weight is 470 g/mol. The first kappa shape index (κ1) is 27.2. The van der Waals surface area contributed by atoms with Crippen molar-refractivity contribution in [2.45, 2.75) is 32.7 Å². The predicted octanol–water partition coefficient (Wildman–Crippen LogP) is 0.627. The molecule has 0 aliphatic carbocycles. The number of carbonyl (C=O) groups excluding carboxylic acids is 4. The third-order valence-corrected chi connectivity index (χ3v) is 5.20. The minimum atomic E-state index is -0.989. The summed E-state index contributed by atoms with van der Waals surface area (Å²) in [6.07, 6.45) is 0.175. The number of aliphatic hydroxyl groups excluding tert-OH is 1.